The second-order valence-electron chi connectivity index (χ2n) is 6.45. The monoisotopic (exact) mass is 359 g/mol. The highest BCUT2D eigenvalue weighted by Crippen LogP contribution is 2.34. The topological polar surface area (TPSA) is 63.7 Å². The van der Waals surface area contributed by atoms with Gasteiger partial charge < -0.3 is 19.7 Å². The van der Waals surface area contributed by atoms with E-state index in [-0.39, 0.29) is 12.7 Å². The zero-order valence-electron chi connectivity index (χ0n) is 14.5. The van der Waals surface area contributed by atoms with Gasteiger partial charge in [0, 0.05) is 17.8 Å². The van der Waals surface area contributed by atoms with E-state index in [9.17, 15) is 4.79 Å². The standard InChI is InChI=1S/C21H17N3O3/c25-21(15-5-7-18-19(11-15)27-13-26-18)23-20-8-6-16(12-22-20)24-10-9-14-3-1-2-4-17(14)24/h1-8,11-12H,9-10,13H2,(H,22,23,25). The number of carbonyl (C=O) groups excluding carboxylic acids is 1. The fraction of sp³-hybridized carbons (Fsp3) is 0.143. The van der Waals surface area contributed by atoms with Crippen molar-refractivity contribution in [2.24, 2.45) is 0 Å². The number of fused-ring (bicyclic) bond motifs is 2. The Balaban J connectivity index is 1.32. The summed E-state index contributed by atoms with van der Waals surface area (Å²) in [4.78, 5) is 19.1. The molecule has 0 radical (unpaired) electrons. The van der Waals surface area contributed by atoms with Gasteiger partial charge in [0.15, 0.2) is 11.5 Å². The van der Waals surface area contributed by atoms with Crippen LogP contribution in [-0.4, -0.2) is 24.2 Å². The number of benzene rings is 2. The maximum Gasteiger partial charge on any atom is 0.256 e. The van der Waals surface area contributed by atoms with Crippen LogP contribution >= 0.6 is 0 Å². The SMILES string of the molecule is O=C(Nc1ccc(N2CCc3ccccc32)cn1)c1ccc2c(c1)OCO2. The Bertz CT molecular complexity index is 1020. The van der Waals surface area contributed by atoms with Gasteiger partial charge in [0.05, 0.1) is 11.9 Å². The van der Waals surface area contributed by atoms with Crippen LogP contribution in [0.5, 0.6) is 11.5 Å². The molecule has 0 unspecified atom stereocenters. The minimum Gasteiger partial charge on any atom is -0.454 e. The van der Waals surface area contributed by atoms with E-state index in [0.29, 0.717) is 22.9 Å². The highest BCUT2D eigenvalue weighted by molar-refractivity contribution is 6.04. The number of nitrogens with zero attached hydrogens (tertiary/aromatic N) is 2. The zero-order chi connectivity index (χ0) is 18.2. The summed E-state index contributed by atoms with van der Waals surface area (Å²) in [5.74, 6) is 1.51. The number of hydrogen-bond donors (Lipinski definition) is 1. The van der Waals surface area contributed by atoms with Crippen LogP contribution in [0, 0.1) is 0 Å². The van der Waals surface area contributed by atoms with Crippen LogP contribution < -0.4 is 19.7 Å². The number of pyridine rings is 1. The molecule has 2 aliphatic rings. The minimum absolute atomic E-state index is 0.184. The van der Waals surface area contributed by atoms with Crippen LogP contribution in [0.15, 0.2) is 60.8 Å². The summed E-state index contributed by atoms with van der Waals surface area (Å²) in [5, 5.41) is 2.82. The molecule has 0 aliphatic carbocycles. The highest BCUT2D eigenvalue weighted by atomic mass is 16.7. The Morgan fingerprint density at radius 3 is 2.81 bits per heavy atom. The maximum absolute atomic E-state index is 12.5. The Morgan fingerprint density at radius 1 is 1.04 bits per heavy atom. The molecule has 0 fully saturated rings. The summed E-state index contributed by atoms with van der Waals surface area (Å²) in [6, 6.07) is 17.3. The number of anilines is 3. The third-order valence-electron chi connectivity index (χ3n) is 4.82. The highest BCUT2D eigenvalue weighted by Gasteiger charge is 2.20. The number of hydrogen-bond acceptors (Lipinski definition) is 5. The average molecular weight is 359 g/mol. The molecule has 0 saturated carbocycles. The van der Waals surface area contributed by atoms with Crippen LogP contribution in [-0.2, 0) is 6.42 Å². The van der Waals surface area contributed by atoms with Crippen molar-refractivity contribution in [3.05, 3.63) is 71.9 Å². The van der Waals surface area contributed by atoms with Crippen molar-refractivity contribution in [1.29, 1.82) is 0 Å². The van der Waals surface area contributed by atoms with Gasteiger partial charge in [0.1, 0.15) is 5.82 Å². The number of ether oxygens (including phenoxy) is 2. The van der Waals surface area contributed by atoms with Crippen LogP contribution in [0.1, 0.15) is 15.9 Å². The molecule has 0 spiro atoms. The Morgan fingerprint density at radius 2 is 1.93 bits per heavy atom. The molecule has 0 bridgehead atoms. The van der Waals surface area contributed by atoms with E-state index in [4.69, 9.17) is 9.47 Å². The van der Waals surface area contributed by atoms with E-state index < -0.39 is 0 Å². The number of nitrogens with one attached hydrogen (secondary N) is 1. The van der Waals surface area contributed by atoms with Gasteiger partial charge in [-0.1, -0.05) is 18.2 Å². The van der Waals surface area contributed by atoms with Gasteiger partial charge in [-0.2, -0.15) is 0 Å². The summed E-state index contributed by atoms with van der Waals surface area (Å²) in [5.41, 5.74) is 4.08. The first-order chi connectivity index (χ1) is 13.3. The normalized spacial score (nSPS) is 14.1. The fourth-order valence-electron chi connectivity index (χ4n) is 3.45. The lowest BCUT2D eigenvalue weighted by Crippen LogP contribution is -2.15. The van der Waals surface area contributed by atoms with Gasteiger partial charge in [-0.3, -0.25) is 4.79 Å². The molecule has 6 nitrogen and oxygen atoms in total. The second kappa shape index (κ2) is 6.32. The lowest BCUT2D eigenvalue weighted by molar-refractivity contribution is 0.102. The van der Waals surface area contributed by atoms with E-state index in [0.717, 1.165) is 18.7 Å². The van der Waals surface area contributed by atoms with Crippen molar-refractivity contribution in [1.82, 2.24) is 4.98 Å². The Kier molecular flexibility index (Phi) is 3.67. The van der Waals surface area contributed by atoms with Crippen LogP contribution in [0.3, 0.4) is 0 Å². The first-order valence-corrected chi connectivity index (χ1v) is 8.80. The van der Waals surface area contributed by atoms with E-state index in [1.54, 1.807) is 24.4 Å². The fourth-order valence-corrected chi connectivity index (χ4v) is 3.45. The van der Waals surface area contributed by atoms with Crippen LogP contribution in [0.25, 0.3) is 0 Å². The molecule has 2 aromatic carbocycles. The third kappa shape index (κ3) is 2.85. The molecule has 3 heterocycles. The summed E-state index contributed by atoms with van der Waals surface area (Å²) >= 11 is 0. The molecular formula is C21H17N3O3. The molecule has 6 heteroatoms. The van der Waals surface area contributed by atoms with Crippen molar-refractivity contribution in [2.45, 2.75) is 6.42 Å². The van der Waals surface area contributed by atoms with Gasteiger partial charge in [-0.05, 0) is 48.4 Å². The van der Waals surface area contributed by atoms with Gasteiger partial charge in [-0.25, -0.2) is 4.98 Å². The molecule has 1 amide bonds. The molecule has 1 aromatic heterocycles. The summed E-state index contributed by atoms with van der Waals surface area (Å²) in [6.07, 6.45) is 2.82. The number of amides is 1. The van der Waals surface area contributed by atoms with Crippen molar-refractivity contribution in [3.63, 3.8) is 0 Å². The van der Waals surface area contributed by atoms with Crippen LogP contribution in [0.4, 0.5) is 17.2 Å². The van der Waals surface area contributed by atoms with Gasteiger partial charge in [-0.15, -0.1) is 0 Å². The van der Waals surface area contributed by atoms with Crippen LogP contribution in [0.2, 0.25) is 0 Å². The Labute approximate surface area is 156 Å². The number of para-hydroxylation sites is 1. The lowest BCUT2D eigenvalue weighted by atomic mass is 10.2. The first-order valence-electron chi connectivity index (χ1n) is 8.80. The van der Waals surface area contributed by atoms with E-state index in [1.807, 2.05) is 18.2 Å². The predicted molar refractivity (Wildman–Crippen MR) is 102 cm³/mol. The summed E-state index contributed by atoms with van der Waals surface area (Å²) < 4.78 is 10.6. The van der Waals surface area contributed by atoms with Gasteiger partial charge in [0.25, 0.3) is 5.91 Å². The van der Waals surface area contributed by atoms with Crippen molar-refractivity contribution < 1.29 is 14.3 Å². The molecule has 3 aromatic rings. The first kappa shape index (κ1) is 15.7. The lowest BCUT2D eigenvalue weighted by Gasteiger charge is -2.19. The molecule has 5 rings (SSSR count). The van der Waals surface area contributed by atoms with Crippen molar-refractivity contribution in [3.8, 4) is 11.5 Å². The van der Waals surface area contributed by atoms with Crippen molar-refractivity contribution >= 4 is 23.1 Å². The van der Waals surface area contributed by atoms with Gasteiger partial charge in [0.2, 0.25) is 6.79 Å². The minimum atomic E-state index is -0.236. The average Bonchev–Trinajstić information content (AvgIpc) is 3.35. The van der Waals surface area contributed by atoms with E-state index in [2.05, 4.69) is 33.4 Å². The van der Waals surface area contributed by atoms with E-state index in [1.165, 1.54) is 11.3 Å². The largest absolute Gasteiger partial charge is 0.454 e. The maximum atomic E-state index is 12.5. The molecular weight excluding hydrogens is 342 g/mol. The Hall–Kier alpha value is -3.54. The predicted octanol–water partition coefficient (Wildman–Crippen LogP) is 3.76. The molecule has 1 N–H and O–H groups in total. The molecule has 2 aliphatic heterocycles. The zero-order valence-corrected chi connectivity index (χ0v) is 14.5. The smallest absolute Gasteiger partial charge is 0.256 e. The molecule has 0 saturated heterocycles. The summed E-state index contributed by atoms with van der Waals surface area (Å²) in [6.45, 7) is 1.12. The number of aromatic nitrogens is 1. The number of rotatable bonds is 3. The quantitative estimate of drug-likeness (QED) is 0.771. The number of carbonyl (C=O) groups is 1. The molecule has 134 valence electrons. The van der Waals surface area contributed by atoms with Crippen molar-refractivity contribution in [2.75, 3.05) is 23.6 Å². The molecule has 27 heavy (non-hydrogen) atoms. The van der Waals surface area contributed by atoms with Gasteiger partial charge >= 0.3 is 0 Å². The third-order valence-corrected chi connectivity index (χ3v) is 4.82. The summed E-state index contributed by atoms with van der Waals surface area (Å²) in [7, 11) is 0. The van der Waals surface area contributed by atoms with E-state index >= 15 is 0 Å². The molecule has 0 atom stereocenters. The second-order valence-corrected chi connectivity index (χ2v) is 6.45.